The van der Waals surface area contributed by atoms with Gasteiger partial charge in [0.2, 0.25) is 0 Å². The molecule has 0 aliphatic heterocycles. The van der Waals surface area contributed by atoms with Crippen molar-refractivity contribution in [2.75, 3.05) is 13.1 Å². The summed E-state index contributed by atoms with van der Waals surface area (Å²) in [5.74, 6) is -0.844. The average molecular weight is 319 g/mol. The van der Waals surface area contributed by atoms with Crippen LogP contribution in [0.4, 0.5) is 0 Å². The average Bonchev–Trinajstić information content (AvgIpc) is 2.82. The molecule has 0 amide bonds. The fourth-order valence-corrected chi connectivity index (χ4v) is 4.55. The van der Waals surface area contributed by atoms with E-state index < -0.39 is 16.2 Å². The smallest absolute Gasteiger partial charge is 0.317 e. The Morgan fingerprint density at radius 3 is 2.29 bits per heavy atom. The highest BCUT2D eigenvalue weighted by Crippen LogP contribution is 2.26. The molecule has 2 saturated carbocycles. The van der Waals surface area contributed by atoms with E-state index in [4.69, 9.17) is 5.11 Å². The minimum atomic E-state index is -3.44. The molecule has 21 heavy (non-hydrogen) atoms. The van der Waals surface area contributed by atoms with E-state index in [2.05, 4.69) is 9.44 Å². The first kappa shape index (κ1) is 16.7. The lowest BCUT2D eigenvalue weighted by atomic mass is 9.86. The number of hydrogen-bond donors (Lipinski definition) is 3. The highest BCUT2D eigenvalue weighted by molar-refractivity contribution is 7.87. The number of nitrogens with zero attached hydrogens (tertiary/aromatic N) is 1. The van der Waals surface area contributed by atoms with Crippen LogP contribution in [0.25, 0.3) is 0 Å². The SMILES string of the molecule is CCN(CC(=O)O)C1CC(NS(=O)(=O)NC2CCCC2)C1. The zero-order valence-electron chi connectivity index (χ0n) is 12.4. The summed E-state index contributed by atoms with van der Waals surface area (Å²) in [7, 11) is -3.44. The predicted molar refractivity (Wildman–Crippen MR) is 79.1 cm³/mol. The number of nitrogens with one attached hydrogen (secondary N) is 2. The number of hydrogen-bond acceptors (Lipinski definition) is 4. The molecule has 7 nitrogen and oxygen atoms in total. The summed E-state index contributed by atoms with van der Waals surface area (Å²) in [4.78, 5) is 12.6. The first-order valence-electron chi connectivity index (χ1n) is 7.65. The fourth-order valence-electron chi connectivity index (χ4n) is 3.17. The van der Waals surface area contributed by atoms with Crippen LogP contribution >= 0.6 is 0 Å². The zero-order valence-corrected chi connectivity index (χ0v) is 13.2. The predicted octanol–water partition coefficient (Wildman–Crippen LogP) is 0.291. The minimum absolute atomic E-state index is 0.0148. The molecule has 8 heteroatoms. The third-order valence-electron chi connectivity index (χ3n) is 4.37. The molecule has 122 valence electrons. The lowest BCUT2D eigenvalue weighted by Crippen LogP contribution is -2.57. The van der Waals surface area contributed by atoms with Gasteiger partial charge in [0.05, 0.1) is 6.54 Å². The Hall–Kier alpha value is -0.700. The van der Waals surface area contributed by atoms with Crippen molar-refractivity contribution < 1.29 is 18.3 Å². The Morgan fingerprint density at radius 1 is 1.19 bits per heavy atom. The molecule has 0 bridgehead atoms. The maximum absolute atomic E-state index is 12.0. The normalized spacial score (nSPS) is 27.0. The lowest BCUT2D eigenvalue weighted by molar-refractivity contribution is -0.139. The summed E-state index contributed by atoms with van der Waals surface area (Å²) < 4.78 is 29.3. The van der Waals surface area contributed by atoms with E-state index in [-0.39, 0.29) is 24.7 Å². The van der Waals surface area contributed by atoms with Crippen LogP contribution in [0, 0.1) is 0 Å². The Labute approximate surface area is 126 Å². The van der Waals surface area contributed by atoms with Gasteiger partial charge in [-0.2, -0.15) is 17.9 Å². The maximum Gasteiger partial charge on any atom is 0.317 e. The summed E-state index contributed by atoms with van der Waals surface area (Å²) in [5, 5.41) is 8.83. The van der Waals surface area contributed by atoms with E-state index in [1.54, 1.807) is 0 Å². The molecular weight excluding hydrogens is 294 g/mol. The summed E-state index contributed by atoms with van der Waals surface area (Å²) in [5.41, 5.74) is 0. The number of rotatable bonds is 8. The molecule has 0 aromatic rings. The highest BCUT2D eigenvalue weighted by atomic mass is 32.2. The molecule has 3 N–H and O–H groups in total. The molecule has 2 aliphatic carbocycles. The minimum Gasteiger partial charge on any atom is -0.480 e. The molecule has 0 saturated heterocycles. The fraction of sp³-hybridized carbons (Fsp3) is 0.923. The van der Waals surface area contributed by atoms with Crippen molar-refractivity contribution in [2.45, 2.75) is 63.6 Å². The highest BCUT2D eigenvalue weighted by Gasteiger charge is 2.36. The molecule has 0 spiro atoms. The number of carbonyl (C=O) groups is 1. The van der Waals surface area contributed by atoms with Gasteiger partial charge in [0.1, 0.15) is 0 Å². The zero-order chi connectivity index (χ0) is 15.5. The Balaban J connectivity index is 1.74. The van der Waals surface area contributed by atoms with Gasteiger partial charge in [0.15, 0.2) is 0 Å². The summed E-state index contributed by atoms with van der Waals surface area (Å²) >= 11 is 0. The van der Waals surface area contributed by atoms with E-state index in [1.807, 2.05) is 11.8 Å². The number of aliphatic carboxylic acids is 1. The lowest BCUT2D eigenvalue weighted by Gasteiger charge is -2.42. The van der Waals surface area contributed by atoms with Crippen molar-refractivity contribution >= 4 is 16.2 Å². The molecule has 0 atom stereocenters. The van der Waals surface area contributed by atoms with Crippen molar-refractivity contribution in [1.29, 1.82) is 0 Å². The molecule has 0 heterocycles. The van der Waals surface area contributed by atoms with Crippen LogP contribution in [0.1, 0.15) is 45.4 Å². The number of carboxylic acid groups (broad SMARTS) is 1. The van der Waals surface area contributed by atoms with Crippen molar-refractivity contribution in [3.63, 3.8) is 0 Å². The molecular formula is C13H25N3O4S. The van der Waals surface area contributed by atoms with Gasteiger partial charge in [-0.1, -0.05) is 19.8 Å². The topological polar surface area (TPSA) is 98.7 Å². The molecule has 2 aliphatic rings. The summed E-state index contributed by atoms with van der Waals surface area (Å²) in [6.07, 6.45) is 5.34. The second kappa shape index (κ2) is 7.04. The maximum atomic E-state index is 12.0. The van der Waals surface area contributed by atoms with Gasteiger partial charge in [-0.15, -0.1) is 0 Å². The van der Waals surface area contributed by atoms with Crippen molar-refractivity contribution in [3.8, 4) is 0 Å². The standard InChI is InChI=1S/C13H25N3O4S/c1-2-16(9-13(17)18)12-7-11(8-12)15-21(19,20)14-10-5-3-4-6-10/h10-12,14-15H,2-9H2,1H3,(H,17,18). The van der Waals surface area contributed by atoms with Crippen LogP contribution < -0.4 is 9.44 Å². The van der Waals surface area contributed by atoms with Crippen molar-refractivity contribution in [2.24, 2.45) is 0 Å². The first-order valence-corrected chi connectivity index (χ1v) is 9.13. The van der Waals surface area contributed by atoms with Crippen LogP contribution in [-0.4, -0.2) is 55.6 Å². The van der Waals surface area contributed by atoms with Crippen LogP contribution in [0.5, 0.6) is 0 Å². The molecule has 0 aromatic carbocycles. The van der Waals surface area contributed by atoms with Gasteiger partial charge >= 0.3 is 5.97 Å². The van der Waals surface area contributed by atoms with Crippen LogP contribution in [0.2, 0.25) is 0 Å². The monoisotopic (exact) mass is 319 g/mol. The Bertz CT molecular complexity index is 456. The molecule has 2 fully saturated rings. The molecule has 2 rings (SSSR count). The van der Waals surface area contributed by atoms with Crippen molar-refractivity contribution in [1.82, 2.24) is 14.3 Å². The summed E-state index contributed by atoms with van der Waals surface area (Å²) in [6, 6.07) is 0.138. The van der Waals surface area contributed by atoms with E-state index in [0.29, 0.717) is 19.4 Å². The third-order valence-corrected chi connectivity index (χ3v) is 5.66. The van der Waals surface area contributed by atoms with Crippen molar-refractivity contribution in [3.05, 3.63) is 0 Å². The quantitative estimate of drug-likeness (QED) is 0.597. The van der Waals surface area contributed by atoms with E-state index >= 15 is 0 Å². The number of likely N-dealkylation sites (N-methyl/N-ethyl adjacent to an activating group) is 1. The van der Waals surface area contributed by atoms with Crippen LogP contribution in [0.3, 0.4) is 0 Å². The number of carboxylic acids is 1. The van der Waals surface area contributed by atoms with Gasteiger partial charge in [-0.25, -0.2) is 0 Å². The third kappa shape index (κ3) is 4.91. The molecule has 0 aromatic heterocycles. The van der Waals surface area contributed by atoms with Gasteiger partial charge in [0.25, 0.3) is 10.2 Å². The second-order valence-electron chi connectivity index (χ2n) is 6.00. The second-order valence-corrected chi connectivity index (χ2v) is 7.48. The van der Waals surface area contributed by atoms with E-state index in [9.17, 15) is 13.2 Å². The van der Waals surface area contributed by atoms with Crippen LogP contribution in [0.15, 0.2) is 0 Å². The first-order chi connectivity index (χ1) is 9.89. The van der Waals surface area contributed by atoms with Gasteiger partial charge in [-0.3, -0.25) is 9.69 Å². The Morgan fingerprint density at radius 2 is 1.76 bits per heavy atom. The molecule has 0 unspecified atom stereocenters. The van der Waals surface area contributed by atoms with Crippen LogP contribution in [-0.2, 0) is 15.0 Å². The van der Waals surface area contributed by atoms with E-state index in [1.165, 1.54) is 0 Å². The van der Waals surface area contributed by atoms with E-state index in [0.717, 1.165) is 25.7 Å². The van der Waals surface area contributed by atoms with Gasteiger partial charge in [-0.05, 0) is 32.2 Å². The van der Waals surface area contributed by atoms with Gasteiger partial charge < -0.3 is 5.11 Å². The Kier molecular flexibility index (Phi) is 5.59. The molecule has 0 radical (unpaired) electrons. The largest absolute Gasteiger partial charge is 0.480 e. The van der Waals surface area contributed by atoms with Gasteiger partial charge in [0, 0.05) is 18.1 Å². The summed E-state index contributed by atoms with van der Waals surface area (Å²) in [6.45, 7) is 2.60.